The molecular weight excluding hydrogens is 304 g/mol. The molecule has 112 valence electrons. The molecule has 0 aliphatic rings. The minimum Gasteiger partial charge on any atom is -0.247 e. The first kappa shape index (κ1) is 14.9. The van der Waals surface area contributed by atoms with Gasteiger partial charge in [-0.15, -0.1) is 0 Å². The minimum absolute atomic E-state index is 0.162. The number of halogens is 3. The predicted octanol–water partition coefficient (Wildman–Crippen LogP) is 5.76. The van der Waals surface area contributed by atoms with Gasteiger partial charge in [0, 0.05) is 17.7 Å². The largest absolute Gasteiger partial charge is 0.247 e. The fourth-order valence-corrected chi connectivity index (χ4v) is 2.91. The van der Waals surface area contributed by atoms with Crippen molar-refractivity contribution >= 4 is 22.5 Å². The molecule has 0 aliphatic heterocycles. The quantitative estimate of drug-likeness (QED) is 0.556. The van der Waals surface area contributed by atoms with E-state index in [4.69, 9.17) is 11.6 Å². The molecule has 0 amide bonds. The molecule has 2 aromatic carbocycles. The Hall–Kier alpha value is -2.00. The van der Waals surface area contributed by atoms with Gasteiger partial charge >= 0.3 is 0 Å². The third-order valence-corrected chi connectivity index (χ3v) is 4.50. The SMILES string of the molecule is Cc1cccc(-c2nc3cc(F)cc(F)c3c(Cl)c2C)c1C. The molecule has 0 atom stereocenters. The van der Waals surface area contributed by atoms with Gasteiger partial charge in [0.15, 0.2) is 0 Å². The Bertz CT molecular complexity index is 903. The Kier molecular flexibility index (Phi) is 3.61. The first-order valence-electron chi connectivity index (χ1n) is 6.91. The molecule has 0 aliphatic carbocycles. The van der Waals surface area contributed by atoms with E-state index >= 15 is 0 Å². The van der Waals surface area contributed by atoms with Crippen molar-refractivity contribution in [2.75, 3.05) is 0 Å². The van der Waals surface area contributed by atoms with Crippen LogP contribution in [0.3, 0.4) is 0 Å². The van der Waals surface area contributed by atoms with Crippen LogP contribution < -0.4 is 0 Å². The molecule has 4 heteroatoms. The van der Waals surface area contributed by atoms with Gasteiger partial charge < -0.3 is 0 Å². The van der Waals surface area contributed by atoms with Crippen molar-refractivity contribution in [3.63, 3.8) is 0 Å². The van der Waals surface area contributed by atoms with Crippen molar-refractivity contribution in [3.8, 4) is 11.3 Å². The van der Waals surface area contributed by atoms with Crippen molar-refractivity contribution in [3.05, 3.63) is 63.7 Å². The smallest absolute Gasteiger partial charge is 0.137 e. The van der Waals surface area contributed by atoms with Crippen LogP contribution in [0.25, 0.3) is 22.2 Å². The van der Waals surface area contributed by atoms with E-state index in [0.29, 0.717) is 11.3 Å². The second kappa shape index (κ2) is 5.33. The first-order chi connectivity index (χ1) is 10.4. The fraction of sp³-hybridized carbons (Fsp3) is 0.167. The monoisotopic (exact) mass is 317 g/mol. The van der Waals surface area contributed by atoms with Crippen molar-refractivity contribution in [2.24, 2.45) is 0 Å². The summed E-state index contributed by atoms with van der Waals surface area (Å²) in [6.45, 7) is 5.81. The Morgan fingerprint density at radius 2 is 1.73 bits per heavy atom. The van der Waals surface area contributed by atoms with E-state index in [9.17, 15) is 8.78 Å². The standard InChI is InChI=1S/C18H14ClF2N/c1-9-5-4-6-13(10(9)2)18-11(3)17(19)16-14(21)7-12(20)8-15(16)22-18/h4-8H,1-3H3. The first-order valence-corrected chi connectivity index (χ1v) is 7.29. The minimum atomic E-state index is -0.692. The van der Waals surface area contributed by atoms with E-state index in [1.54, 1.807) is 6.92 Å². The Morgan fingerprint density at radius 1 is 1.00 bits per heavy atom. The average molecular weight is 318 g/mol. The predicted molar refractivity (Wildman–Crippen MR) is 86.3 cm³/mol. The molecule has 3 rings (SSSR count). The molecule has 0 fully saturated rings. The van der Waals surface area contributed by atoms with Crippen LogP contribution in [0, 0.1) is 32.4 Å². The highest BCUT2D eigenvalue weighted by Crippen LogP contribution is 2.36. The van der Waals surface area contributed by atoms with Gasteiger partial charge in [0.05, 0.1) is 21.6 Å². The van der Waals surface area contributed by atoms with E-state index in [2.05, 4.69) is 4.98 Å². The lowest BCUT2D eigenvalue weighted by atomic mass is 9.97. The molecule has 3 aromatic rings. The fourth-order valence-electron chi connectivity index (χ4n) is 2.63. The topological polar surface area (TPSA) is 12.9 Å². The summed E-state index contributed by atoms with van der Waals surface area (Å²) in [6.07, 6.45) is 0. The summed E-state index contributed by atoms with van der Waals surface area (Å²) in [5.74, 6) is -1.35. The van der Waals surface area contributed by atoms with Crippen LogP contribution in [0.1, 0.15) is 16.7 Å². The molecule has 1 aromatic heterocycles. The third-order valence-electron chi connectivity index (χ3n) is 4.03. The number of aromatic nitrogens is 1. The summed E-state index contributed by atoms with van der Waals surface area (Å²) >= 11 is 6.33. The Morgan fingerprint density at radius 3 is 2.45 bits per heavy atom. The summed E-state index contributed by atoms with van der Waals surface area (Å²) in [5, 5.41) is 0.438. The van der Waals surface area contributed by atoms with Gasteiger partial charge in [-0.25, -0.2) is 13.8 Å². The van der Waals surface area contributed by atoms with Gasteiger partial charge in [0.2, 0.25) is 0 Å². The van der Waals surface area contributed by atoms with Crippen LogP contribution in [0.2, 0.25) is 5.02 Å². The molecule has 0 N–H and O–H groups in total. The second-order valence-corrected chi connectivity index (χ2v) is 5.81. The van der Waals surface area contributed by atoms with Gasteiger partial charge in [-0.2, -0.15) is 0 Å². The van der Waals surface area contributed by atoms with Gasteiger partial charge in [-0.1, -0.05) is 29.8 Å². The lowest BCUT2D eigenvalue weighted by Gasteiger charge is -2.14. The zero-order valence-corrected chi connectivity index (χ0v) is 13.2. The van der Waals surface area contributed by atoms with Crippen LogP contribution in [0.5, 0.6) is 0 Å². The maximum atomic E-state index is 14.0. The summed E-state index contributed by atoms with van der Waals surface area (Å²) < 4.78 is 27.5. The highest BCUT2D eigenvalue weighted by molar-refractivity contribution is 6.36. The lowest BCUT2D eigenvalue weighted by Crippen LogP contribution is -1.97. The number of pyridine rings is 1. The summed E-state index contributed by atoms with van der Waals surface area (Å²) in [6, 6.07) is 7.92. The molecule has 22 heavy (non-hydrogen) atoms. The van der Waals surface area contributed by atoms with E-state index in [1.165, 1.54) is 6.07 Å². The van der Waals surface area contributed by atoms with Crippen molar-refractivity contribution < 1.29 is 8.78 Å². The van der Waals surface area contributed by atoms with Gasteiger partial charge in [-0.05, 0) is 37.5 Å². The van der Waals surface area contributed by atoms with Gasteiger partial charge in [-0.3, -0.25) is 0 Å². The highest BCUT2D eigenvalue weighted by atomic mass is 35.5. The van der Waals surface area contributed by atoms with Crippen LogP contribution >= 0.6 is 11.6 Å². The molecule has 0 unspecified atom stereocenters. The summed E-state index contributed by atoms with van der Waals surface area (Å²) in [7, 11) is 0. The average Bonchev–Trinajstić information content (AvgIpc) is 2.45. The van der Waals surface area contributed by atoms with Crippen LogP contribution in [0.4, 0.5) is 8.78 Å². The Balaban J connectivity index is 2.41. The number of aryl methyl sites for hydroxylation is 1. The second-order valence-electron chi connectivity index (χ2n) is 5.43. The number of hydrogen-bond donors (Lipinski definition) is 0. The van der Waals surface area contributed by atoms with Crippen molar-refractivity contribution in [1.82, 2.24) is 4.98 Å². The van der Waals surface area contributed by atoms with Crippen molar-refractivity contribution in [1.29, 1.82) is 0 Å². The van der Waals surface area contributed by atoms with Crippen LogP contribution in [0.15, 0.2) is 30.3 Å². The molecule has 1 heterocycles. The number of benzene rings is 2. The molecule has 0 saturated carbocycles. The Labute approximate surface area is 132 Å². The van der Waals surface area contributed by atoms with E-state index < -0.39 is 11.6 Å². The number of nitrogens with zero attached hydrogens (tertiary/aromatic N) is 1. The summed E-state index contributed by atoms with van der Waals surface area (Å²) in [4.78, 5) is 4.46. The number of hydrogen-bond acceptors (Lipinski definition) is 1. The summed E-state index contributed by atoms with van der Waals surface area (Å²) in [5.41, 5.74) is 4.69. The van der Waals surface area contributed by atoms with E-state index in [-0.39, 0.29) is 15.9 Å². The van der Waals surface area contributed by atoms with Crippen LogP contribution in [-0.2, 0) is 0 Å². The number of fused-ring (bicyclic) bond motifs is 1. The van der Waals surface area contributed by atoms with Gasteiger partial charge in [0.25, 0.3) is 0 Å². The van der Waals surface area contributed by atoms with Crippen molar-refractivity contribution in [2.45, 2.75) is 20.8 Å². The van der Waals surface area contributed by atoms with Crippen LogP contribution in [-0.4, -0.2) is 4.98 Å². The van der Waals surface area contributed by atoms with E-state index in [1.807, 2.05) is 32.0 Å². The normalized spacial score (nSPS) is 11.2. The highest BCUT2D eigenvalue weighted by Gasteiger charge is 2.17. The lowest BCUT2D eigenvalue weighted by molar-refractivity contribution is 0.591. The third kappa shape index (κ3) is 2.26. The molecule has 0 radical (unpaired) electrons. The molecular formula is C18H14ClF2N. The maximum Gasteiger partial charge on any atom is 0.137 e. The zero-order valence-electron chi connectivity index (χ0n) is 12.5. The molecule has 0 saturated heterocycles. The molecule has 0 spiro atoms. The molecule has 1 nitrogen and oxygen atoms in total. The zero-order chi connectivity index (χ0) is 16.0. The van der Waals surface area contributed by atoms with E-state index in [0.717, 1.165) is 22.8 Å². The number of rotatable bonds is 1. The maximum absolute atomic E-state index is 14.0. The molecule has 0 bridgehead atoms. The van der Waals surface area contributed by atoms with Gasteiger partial charge in [0.1, 0.15) is 11.6 Å².